The second kappa shape index (κ2) is 7.18. The summed E-state index contributed by atoms with van der Waals surface area (Å²) in [5.74, 6) is -0.613. The molecule has 0 fully saturated rings. The Balaban J connectivity index is 1.63. The number of amides is 2. The fraction of sp³-hybridized carbons (Fsp3) is 0.235. The number of aryl methyl sites for hydroxylation is 1. The first kappa shape index (κ1) is 17.3. The van der Waals surface area contributed by atoms with Gasteiger partial charge in [0.15, 0.2) is 5.69 Å². The number of anilines is 1. The maximum absolute atomic E-state index is 12.1. The van der Waals surface area contributed by atoms with Crippen LogP contribution in [0.2, 0.25) is 0 Å². The van der Waals surface area contributed by atoms with Gasteiger partial charge in [0.1, 0.15) is 6.54 Å². The zero-order valence-electron chi connectivity index (χ0n) is 14.7. The van der Waals surface area contributed by atoms with Gasteiger partial charge in [-0.3, -0.25) is 9.59 Å². The first-order valence-corrected chi connectivity index (χ1v) is 8.01. The molecule has 0 spiro atoms. The molecule has 134 valence electrons. The Morgan fingerprint density at radius 1 is 1.15 bits per heavy atom. The second-order valence-electron chi connectivity index (χ2n) is 5.76. The molecule has 9 nitrogen and oxygen atoms in total. The van der Waals surface area contributed by atoms with Gasteiger partial charge in [0.2, 0.25) is 5.91 Å². The molecule has 0 aliphatic rings. The lowest BCUT2D eigenvalue weighted by Gasteiger charge is -2.08. The van der Waals surface area contributed by atoms with Crippen molar-refractivity contribution in [2.75, 3.05) is 12.4 Å². The Morgan fingerprint density at radius 3 is 2.50 bits per heavy atom. The molecule has 2 aromatic heterocycles. The van der Waals surface area contributed by atoms with E-state index in [9.17, 15) is 9.59 Å². The SMILES string of the molecule is CNC(=O)c1cn(CC(=O)Nc2ccc(-n3cnc(C)c3C)cc2)nn1. The minimum Gasteiger partial charge on any atom is -0.354 e. The topological polar surface area (TPSA) is 107 Å². The molecule has 0 aliphatic carbocycles. The average molecular weight is 353 g/mol. The molecule has 3 aromatic rings. The van der Waals surface area contributed by atoms with Crippen molar-refractivity contribution in [3.63, 3.8) is 0 Å². The highest BCUT2D eigenvalue weighted by Crippen LogP contribution is 2.16. The molecular weight excluding hydrogens is 334 g/mol. The second-order valence-corrected chi connectivity index (χ2v) is 5.76. The molecule has 1 aromatic carbocycles. The molecule has 3 rings (SSSR count). The van der Waals surface area contributed by atoms with Crippen molar-refractivity contribution < 1.29 is 9.59 Å². The van der Waals surface area contributed by atoms with Crippen molar-refractivity contribution >= 4 is 17.5 Å². The van der Waals surface area contributed by atoms with E-state index in [0.717, 1.165) is 17.1 Å². The highest BCUT2D eigenvalue weighted by atomic mass is 16.2. The third kappa shape index (κ3) is 3.61. The average Bonchev–Trinajstić information content (AvgIpc) is 3.22. The first-order valence-electron chi connectivity index (χ1n) is 8.01. The summed E-state index contributed by atoms with van der Waals surface area (Å²) in [6.07, 6.45) is 3.19. The number of nitrogens with one attached hydrogen (secondary N) is 2. The fourth-order valence-electron chi connectivity index (χ4n) is 2.42. The fourth-order valence-corrected chi connectivity index (χ4v) is 2.42. The van der Waals surface area contributed by atoms with E-state index in [-0.39, 0.29) is 24.1 Å². The predicted molar refractivity (Wildman–Crippen MR) is 95.1 cm³/mol. The van der Waals surface area contributed by atoms with Gasteiger partial charge in [-0.15, -0.1) is 5.10 Å². The van der Waals surface area contributed by atoms with Crippen molar-refractivity contribution in [1.29, 1.82) is 0 Å². The first-order chi connectivity index (χ1) is 12.5. The summed E-state index contributed by atoms with van der Waals surface area (Å²) >= 11 is 0. The molecule has 0 saturated heterocycles. The third-order valence-electron chi connectivity index (χ3n) is 3.99. The zero-order chi connectivity index (χ0) is 18.7. The largest absolute Gasteiger partial charge is 0.354 e. The lowest BCUT2D eigenvalue weighted by molar-refractivity contribution is -0.116. The minimum atomic E-state index is -0.350. The van der Waals surface area contributed by atoms with Gasteiger partial charge < -0.3 is 15.2 Å². The molecule has 0 atom stereocenters. The Hall–Kier alpha value is -3.49. The molecule has 2 amide bonds. The summed E-state index contributed by atoms with van der Waals surface area (Å²) in [5, 5.41) is 12.7. The van der Waals surface area contributed by atoms with Crippen LogP contribution in [0.25, 0.3) is 5.69 Å². The molecular formula is C17H19N7O2. The van der Waals surface area contributed by atoms with Crippen LogP contribution in [0.15, 0.2) is 36.8 Å². The van der Waals surface area contributed by atoms with Crippen LogP contribution in [0, 0.1) is 13.8 Å². The van der Waals surface area contributed by atoms with Crippen LogP contribution in [0.3, 0.4) is 0 Å². The number of carbonyl (C=O) groups is 2. The van der Waals surface area contributed by atoms with E-state index in [1.807, 2.05) is 42.7 Å². The Labute approximate surface area is 150 Å². The normalized spacial score (nSPS) is 10.6. The van der Waals surface area contributed by atoms with E-state index in [2.05, 4.69) is 25.9 Å². The van der Waals surface area contributed by atoms with E-state index in [0.29, 0.717) is 5.69 Å². The van der Waals surface area contributed by atoms with Crippen molar-refractivity contribution in [2.45, 2.75) is 20.4 Å². The monoisotopic (exact) mass is 353 g/mol. The summed E-state index contributed by atoms with van der Waals surface area (Å²) in [7, 11) is 1.50. The summed E-state index contributed by atoms with van der Waals surface area (Å²) < 4.78 is 3.29. The van der Waals surface area contributed by atoms with Gasteiger partial charge in [-0.05, 0) is 38.1 Å². The van der Waals surface area contributed by atoms with Crippen LogP contribution in [0.1, 0.15) is 21.9 Å². The number of rotatable bonds is 5. The molecule has 0 radical (unpaired) electrons. The van der Waals surface area contributed by atoms with Crippen LogP contribution in [0.5, 0.6) is 0 Å². The quantitative estimate of drug-likeness (QED) is 0.714. The van der Waals surface area contributed by atoms with Crippen LogP contribution in [0.4, 0.5) is 5.69 Å². The molecule has 0 unspecified atom stereocenters. The summed E-state index contributed by atoms with van der Waals surface area (Å²) in [6, 6.07) is 7.45. The van der Waals surface area contributed by atoms with E-state index in [4.69, 9.17) is 0 Å². The smallest absolute Gasteiger partial charge is 0.273 e. The van der Waals surface area contributed by atoms with Gasteiger partial charge >= 0.3 is 0 Å². The van der Waals surface area contributed by atoms with Crippen LogP contribution < -0.4 is 10.6 Å². The van der Waals surface area contributed by atoms with Gasteiger partial charge in [0.05, 0.1) is 18.2 Å². The maximum Gasteiger partial charge on any atom is 0.273 e. The number of aromatic nitrogens is 5. The summed E-state index contributed by atoms with van der Waals surface area (Å²) in [4.78, 5) is 27.9. The zero-order valence-corrected chi connectivity index (χ0v) is 14.7. The standard InChI is InChI=1S/C17H19N7O2/c1-11-12(2)24(10-19-11)14-6-4-13(5-7-14)20-16(25)9-23-8-15(21-22-23)17(26)18-3/h4-8,10H,9H2,1-3H3,(H,18,26)(H,20,25). The van der Waals surface area contributed by atoms with E-state index >= 15 is 0 Å². The lowest BCUT2D eigenvalue weighted by Crippen LogP contribution is -2.19. The van der Waals surface area contributed by atoms with Gasteiger partial charge in [0.25, 0.3) is 5.91 Å². The van der Waals surface area contributed by atoms with Gasteiger partial charge in [-0.2, -0.15) is 0 Å². The molecule has 0 saturated carbocycles. The van der Waals surface area contributed by atoms with Crippen molar-refractivity contribution in [2.24, 2.45) is 0 Å². The molecule has 2 N–H and O–H groups in total. The van der Waals surface area contributed by atoms with Crippen molar-refractivity contribution in [3.8, 4) is 5.69 Å². The Bertz CT molecular complexity index is 940. The molecule has 26 heavy (non-hydrogen) atoms. The van der Waals surface area contributed by atoms with E-state index in [1.54, 1.807) is 6.33 Å². The van der Waals surface area contributed by atoms with Crippen molar-refractivity contribution in [3.05, 3.63) is 53.9 Å². The lowest BCUT2D eigenvalue weighted by atomic mass is 10.2. The van der Waals surface area contributed by atoms with Crippen LogP contribution in [-0.4, -0.2) is 43.4 Å². The number of hydrogen-bond donors (Lipinski definition) is 2. The highest BCUT2D eigenvalue weighted by Gasteiger charge is 2.11. The van der Waals surface area contributed by atoms with Crippen molar-refractivity contribution in [1.82, 2.24) is 29.9 Å². The number of benzene rings is 1. The van der Waals surface area contributed by atoms with Gasteiger partial charge in [0, 0.05) is 24.1 Å². The number of carbonyl (C=O) groups excluding carboxylic acids is 2. The van der Waals surface area contributed by atoms with E-state index < -0.39 is 0 Å². The molecule has 0 aliphatic heterocycles. The van der Waals surface area contributed by atoms with Gasteiger partial charge in [-0.25, -0.2) is 9.67 Å². The predicted octanol–water partition coefficient (Wildman–Crippen LogP) is 1.08. The molecule has 0 bridgehead atoms. The number of imidazole rings is 1. The van der Waals surface area contributed by atoms with Gasteiger partial charge in [-0.1, -0.05) is 5.21 Å². The summed E-state index contributed by atoms with van der Waals surface area (Å²) in [6.45, 7) is 3.93. The minimum absolute atomic E-state index is 0.0361. The molecule has 2 heterocycles. The Morgan fingerprint density at radius 2 is 1.88 bits per heavy atom. The van der Waals surface area contributed by atoms with Crippen LogP contribution >= 0.6 is 0 Å². The number of hydrogen-bond acceptors (Lipinski definition) is 5. The van der Waals surface area contributed by atoms with Crippen LogP contribution in [-0.2, 0) is 11.3 Å². The third-order valence-corrected chi connectivity index (χ3v) is 3.99. The summed E-state index contributed by atoms with van der Waals surface area (Å²) in [5.41, 5.74) is 3.84. The highest BCUT2D eigenvalue weighted by molar-refractivity contribution is 5.92. The van der Waals surface area contributed by atoms with E-state index in [1.165, 1.54) is 17.9 Å². The Kier molecular flexibility index (Phi) is 4.78. The number of nitrogens with zero attached hydrogens (tertiary/aromatic N) is 5. The maximum atomic E-state index is 12.1. The molecule has 9 heteroatoms.